The maximum absolute atomic E-state index is 12.4. The zero-order valence-corrected chi connectivity index (χ0v) is 18.8. The van der Waals surface area contributed by atoms with Gasteiger partial charge in [-0.25, -0.2) is 0 Å². The lowest BCUT2D eigenvalue weighted by molar-refractivity contribution is -0.118. The highest BCUT2D eigenvalue weighted by molar-refractivity contribution is 9.10. The molecule has 4 nitrogen and oxygen atoms in total. The van der Waals surface area contributed by atoms with Crippen molar-refractivity contribution in [2.24, 2.45) is 0 Å². The molecule has 0 saturated carbocycles. The van der Waals surface area contributed by atoms with Crippen LogP contribution < -0.4 is 14.8 Å². The standard InChI is InChI=1S/C25H26BrNO3/c1-3-18(2)20-13-14-23(21(26)15-20)30-17-25(28)27-22-11-7-8-12-24(22)29-16-19-9-5-4-6-10-19/h4-15,18H,3,16-17H2,1-2H3,(H,27,28). The average molecular weight is 468 g/mol. The second-order valence-electron chi connectivity index (χ2n) is 7.11. The van der Waals surface area contributed by atoms with Crippen molar-refractivity contribution in [3.05, 3.63) is 88.4 Å². The number of carbonyl (C=O) groups is 1. The third kappa shape index (κ3) is 6.10. The zero-order chi connectivity index (χ0) is 21.3. The number of nitrogens with one attached hydrogen (secondary N) is 1. The molecule has 156 valence electrons. The number of ether oxygens (including phenoxy) is 2. The normalized spacial score (nSPS) is 11.6. The molecule has 5 heteroatoms. The summed E-state index contributed by atoms with van der Waals surface area (Å²) >= 11 is 3.54. The number of para-hydroxylation sites is 2. The van der Waals surface area contributed by atoms with Gasteiger partial charge in [0.25, 0.3) is 5.91 Å². The van der Waals surface area contributed by atoms with Gasteiger partial charge in [-0.15, -0.1) is 0 Å². The Morgan fingerprint density at radius 1 is 0.967 bits per heavy atom. The first-order chi connectivity index (χ1) is 14.6. The van der Waals surface area contributed by atoms with E-state index >= 15 is 0 Å². The number of hydrogen-bond donors (Lipinski definition) is 1. The van der Waals surface area contributed by atoms with Crippen LogP contribution in [0.1, 0.15) is 37.3 Å². The van der Waals surface area contributed by atoms with Crippen LogP contribution in [0.25, 0.3) is 0 Å². The first kappa shape index (κ1) is 21.9. The van der Waals surface area contributed by atoms with Crippen molar-refractivity contribution < 1.29 is 14.3 Å². The lowest BCUT2D eigenvalue weighted by Crippen LogP contribution is -2.20. The van der Waals surface area contributed by atoms with Gasteiger partial charge in [0.2, 0.25) is 0 Å². The Balaban J connectivity index is 1.57. The summed E-state index contributed by atoms with van der Waals surface area (Å²) in [6.45, 7) is 4.69. The molecule has 3 aromatic carbocycles. The van der Waals surface area contributed by atoms with E-state index in [2.05, 4.69) is 35.1 Å². The second-order valence-corrected chi connectivity index (χ2v) is 7.96. The van der Waals surface area contributed by atoms with Crippen LogP contribution >= 0.6 is 15.9 Å². The minimum absolute atomic E-state index is 0.0890. The summed E-state index contributed by atoms with van der Waals surface area (Å²) in [5.74, 6) is 1.49. The maximum atomic E-state index is 12.4. The molecule has 0 aliphatic heterocycles. The Morgan fingerprint density at radius 2 is 1.70 bits per heavy atom. The molecule has 0 aliphatic rings. The van der Waals surface area contributed by atoms with Crippen molar-refractivity contribution in [3.63, 3.8) is 0 Å². The lowest BCUT2D eigenvalue weighted by Gasteiger charge is -2.14. The Morgan fingerprint density at radius 3 is 2.43 bits per heavy atom. The van der Waals surface area contributed by atoms with E-state index in [1.54, 1.807) is 0 Å². The van der Waals surface area contributed by atoms with E-state index in [1.807, 2.05) is 72.8 Å². The number of halogens is 1. The van der Waals surface area contributed by atoms with Crippen LogP contribution in [0.15, 0.2) is 77.3 Å². The predicted octanol–water partition coefficient (Wildman–Crippen LogP) is 6.56. The quantitative estimate of drug-likeness (QED) is 0.387. The highest BCUT2D eigenvalue weighted by Crippen LogP contribution is 2.30. The van der Waals surface area contributed by atoms with E-state index in [-0.39, 0.29) is 12.5 Å². The predicted molar refractivity (Wildman–Crippen MR) is 124 cm³/mol. The fourth-order valence-corrected chi connectivity index (χ4v) is 3.45. The molecule has 1 atom stereocenters. The first-order valence-corrected chi connectivity index (χ1v) is 10.8. The largest absolute Gasteiger partial charge is 0.487 e. The SMILES string of the molecule is CCC(C)c1ccc(OCC(=O)Nc2ccccc2OCc2ccccc2)c(Br)c1. The second kappa shape index (κ2) is 10.8. The van der Waals surface area contributed by atoms with Gasteiger partial charge in [0.05, 0.1) is 10.2 Å². The minimum atomic E-state index is -0.247. The number of benzene rings is 3. The minimum Gasteiger partial charge on any atom is -0.487 e. The van der Waals surface area contributed by atoms with Gasteiger partial charge in [-0.05, 0) is 63.7 Å². The Labute approximate surface area is 186 Å². The average Bonchev–Trinajstić information content (AvgIpc) is 2.77. The highest BCUT2D eigenvalue weighted by Gasteiger charge is 2.11. The molecule has 0 heterocycles. The third-order valence-electron chi connectivity index (χ3n) is 4.89. The molecule has 1 amide bonds. The van der Waals surface area contributed by atoms with Gasteiger partial charge in [0, 0.05) is 0 Å². The van der Waals surface area contributed by atoms with Crippen LogP contribution in [0.3, 0.4) is 0 Å². The van der Waals surface area contributed by atoms with E-state index in [4.69, 9.17) is 9.47 Å². The molecule has 0 aromatic heterocycles. The van der Waals surface area contributed by atoms with Gasteiger partial charge in [-0.3, -0.25) is 4.79 Å². The number of hydrogen-bond acceptors (Lipinski definition) is 3. The lowest BCUT2D eigenvalue weighted by atomic mass is 9.99. The van der Waals surface area contributed by atoms with Crippen molar-refractivity contribution in [1.29, 1.82) is 0 Å². The first-order valence-electron chi connectivity index (χ1n) is 10.0. The van der Waals surface area contributed by atoms with Gasteiger partial charge in [0.1, 0.15) is 18.1 Å². The summed E-state index contributed by atoms with van der Waals surface area (Å²) in [5.41, 5.74) is 2.92. The van der Waals surface area contributed by atoms with Gasteiger partial charge >= 0.3 is 0 Å². The Bertz CT molecular complexity index is 975. The molecule has 1 unspecified atom stereocenters. The van der Waals surface area contributed by atoms with E-state index in [9.17, 15) is 4.79 Å². The summed E-state index contributed by atoms with van der Waals surface area (Å²) in [6, 6.07) is 23.3. The summed E-state index contributed by atoms with van der Waals surface area (Å²) in [6.07, 6.45) is 1.07. The number of anilines is 1. The third-order valence-corrected chi connectivity index (χ3v) is 5.51. The van der Waals surface area contributed by atoms with Crippen LogP contribution in [-0.4, -0.2) is 12.5 Å². The molecular formula is C25H26BrNO3. The Kier molecular flexibility index (Phi) is 7.91. The van der Waals surface area contributed by atoms with Gasteiger partial charge in [-0.2, -0.15) is 0 Å². The van der Waals surface area contributed by atoms with E-state index in [0.29, 0.717) is 29.7 Å². The number of amides is 1. The van der Waals surface area contributed by atoms with E-state index < -0.39 is 0 Å². The molecule has 3 rings (SSSR count). The van der Waals surface area contributed by atoms with Crippen LogP contribution in [0.4, 0.5) is 5.69 Å². The van der Waals surface area contributed by atoms with E-state index in [0.717, 1.165) is 16.5 Å². The van der Waals surface area contributed by atoms with Crippen molar-refractivity contribution >= 4 is 27.5 Å². The zero-order valence-electron chi connectivity index (χ0n) is 17.2. The van der Waals surface area contributed by atoms with Gasteiger partial charge in [-0.1, -0.05) is 62.4 Å². The van der Waals surface area contributed by atoms with Crippen molar-refractivity contribution in [2.45, 2.75) is 32.8 Å². The summed E-state index contributed by atoms with van der Waals surface area (Å²) in [5, 5.41) is 2.87. The maximum Gasteiger partial charge on any atom is 0.262 e. The molecule has 0 radical (unpaired) electrons. The Hall–Kier alpha value is -2.79. The van der Waals surface area contributed by atoms with Gasteiger partial charge in [0.15, 0.2) is 6.61 Å². The number of rotatable bonds is 9. The molecule has 0 saturated heterocycles. The van der Waals surface area contributed by atoms with Crippen LogP contribution in [-0.2, 0) is 11.4 Å². The van der Waals surface area contributed by atoms with Crippen LogP contribution in [0, 0.1) is 0 Å². The fourth-order valence-electron chi connectivity index (χ4n) is 2.94. The summed E-state index contributed by atoms with van der Waals surface area (Å²) in [4.78, 5) is 12.4. The fraction of sp³-hybridized carbons (Fsp3) is 0.240. The molecular weight excluding hydrogens is 442 g/mol. The smallest absolute Gasteiger partial charge is 0.262 e. The molecule has 0 fully saturated rings. The molecule has 0 bridgehead atoms. The van der Waals surface area contributed by atoms with Crippen molar-refractivity contribution in [3.8, 4) is 11.5 Å². The van der Waals surface area contributed by atoms with Crippen molar-refractivity contribution in [1.82, 2.24) is 0 Å². The monoisotopic (exact) mass is 467 g/mol. The topological polar surface area (TPSA) is 47.6 Å². The van der Waals surface area contributed by atoms with E-state index in [1.165, 1.54) is 5.56 Å². The number of carbonyl (C=O) groups excluding carboxylic acids is 1. The highest BCUT2D eigenvalue weighted by atomic mass is 79.9. The molecule has 30 heavy (non-hydrogen) atoms. The molecule has 1 N–H and O–H groups in total. The van der Waals surface area contributed by atoms with Crippen LogP contribution in [0.5, 0.6) is 11.5 Å². The van der Waals surface area contributed by atoms with Gasteiger partial charge < -0.3 is 14.8 Å². The van der Waals surface area contributed by atoms with Crippen molar-refractivity contribution in [2.75, 3.05) is 11.9 Å². The molecule has 3 aromatic rings. The molecule has 0 aliphatic carbocycles. The molecule has 0 spiro atoms. The summed E-state index contributed by atoms with van der Waals surface area (Å²) < 4.78 is 12.4. The summed E-state index contributed by atoms with van der Waals surface area (Å²) in [7, 11) is 0. The van der Waals surface area contributed by atoms with Crippen LogP contribution in [0.2, 0.25) is 0 Å².